The summed E-state index contributed by atoms with van der Waals surface area (Å²) < 4.78 is 16.5. The molecule has 2 heterocycles. The molecule has 7 heteroatoms. The van der Waals surface area contributed by atoms with E-state index in [0.717, 1.165) is 5.56 Å². The monoisotopic (exact) mass is 380 g/mol. The summed E-state index contributed by atoms with van der Waals surface area (Å²) >= 11 is 0. The van der Waals surface area contributed by atoms with Crippen molar-refractivity contribution in [2.75, 3.05) is 13.1 Å². The van der Waals surface area contributed by atoms with Crippen LogP contribution in [-0.2, 0) is 30.7 Å². The van der Waals surface area contributed by atoms with E-state index in [-0.39, 0.29) is 23.8 Å². The zero-order valence-electron chi connectivity index (χ0n) is 15.4. The number of carbonyl (C=O) groups is 1. The van der Waals surface area contributed by atoms with Gasteiger partial charge in [0.1, 0.15) is 11.6 Å². The molecule has 3 aromatic rings. The number of carbonyl (C=O) groups excluding carboxylic acids is 1. The van der Waals surface area contributed by atoms with Crippen LogP contribution in [0, 0.1) is 5.82 Å². The molecule has 0 N–H and O–H groups in total. The van der Waals surface area contributed by atoms with Gasteiger partial charge in [0.25, 0.3) is 0 Å². The molecule has 0 saturated heterocycles. The second-order valence-electron chi connectivity index (χ2n) is 6.93. The molecular weight excluding hydrogens is 359 g/mol. The second kappa shape index (κ2) is 7.80. The SMILES string of the molecule is O=C(Cc1cccc(F)c1)N1CCc2nn(Cc3ccccc3)c(=O)n2CC1. The summed E-state index contributed by atoms with van der Waals surface area (Å²) in [6.45, 7) is 1.79. The van der Waals surface area contributed by atoms with Gasteiger partial charge >= 0.3 is 5.69 Å². The number of aromatic nitrogens is 3. The van der Waals surface area contributed by atoms with Crippen molar-refractivity contribution in [2.45, 2.75) is 25.9 Å². The third-order valence-electron chi connectivity index (χ3n) is 4.97. The van der Waals surface area contributed by atoms with Gasteiger partial charge in [0.05, 0.1) is 13.0 Å². The molecule has 1 aliphatic rings. The van der Waals surface area contributed by atoms with E-state index in [0.29, 0.717) is 44.0 Å². The van der Waals surface area contributed by atoms with E-state index in [1.54, 1.807) is 21.6 Å². The number of rotatable bonds is 4. The number of halogens is 1. The first-order valence-electron chi connectivity index (χ1n) is 9.33. The Morgan fingerprint density at radius 2 is 1.79 bits per heavy atom. The first-order chi connectivity index (χ1) is 13.6. The Balaban J connectivity index is 1.44. The highest BCUT2D eigenvalue weighted by Crippen LogP contribution is 2.10. The van der Waals surface area contributed by atoms with E-state index in [1.165, 1.54) is 16.8 Å². The predicted octanol–water partition coefficient (Wildman–Crippen LogP) is 1.86. The van der Waals surface area contributed by atoms with Crippen molar-refractivity contribution >= 4 is 5.91 Å². The van der Waals surface area contributed by atoms with E-state index >= 15 is 0 Å². The summed E-state index contributed by atoms with van der Waals surface area (Å²) in [6.07, 6.45) is 0.671. The van der Waals surface area contributed by atoms with Gasteiger partial charge in [0, 0.05) is 26.1 Å². The Labute approximate surface area is 161 Å². The lowest BCUT2D eigenvalue weighted by Gasteiger charge is -2.20. The Bertz CT molecular complexity index is 1040. The predicted molar refractivity (Wildman–Crippen MR) is 102 cm³/mol. The fourth-order valence-electron chi connectivity index (χ4n) is 3.51. The number of nitrogens with zero attached hydrogens (tertiary/aromatic N) is 4. The minimum Gasteiger partial charge on any atom is -0.340 e. The highest BCUT2D eigenvalue weighted by atomic mass is 19.1. The van der Waals surface area contributed by atoms with Crippen molar-refractivity contribution in [1.82, 2.24) is 19.2 Å². The fraction of sp³-hybridized carbons (Fsp3) is 0.286. The topological polar surface area (TPSA) is 60.1 Å². The van der Waals surface area contributed by atoms with Gasteiger partial charge in [-0.2, -0.15) is 5.10 Å². The minimum absolute atomic E-state index is 0.0686. The van der Waals surface area contributed by atoms with Crippen LogP contribution in [0.1, 0.15) is 17.0 Å². The molecule has 0 radical (unpaired) electrons. The van der Waals surface area contributed by atoms with Crippen LogP contribution in [0.3, 0.4) is 0 Å². The van der Waals surface area contributed by atoms with Crippen LogP contribution in [0.15, 0.2) is 59.4 Å². The lowest BCUT2D eigenvalue weighted by atomic mass is 10.1. The molecule has 1 aromatic heterocycles. The Morgan fingerprint density at radius 1 is 1.00 bits per heavy atom. The first kappa shape index (κ1) is 18.2. The summed E-state index contributed by atoms with van der Waals surface area (Å²) in [5.74, 6) is 0.281. The third-order valence-corrected chi connectivity index (χ3v) is 4.97. The Kier molecular flexibility index (Phi) is 5.06. The number of hydrogen-bond donors (Lipinski definition) is 0. The molecule has 0 unspecified atom stereocenters. The highest BCUT2D eigenvalue weighted by molar-refractivity contribution is 5.78. The summed E-state index contributed by atoms with van der Waals surface area (Å²) in [5, 5.41) is 4.47. The Morgan fingerprint density at radius 3 is 2.57 bits per heavy atom. The molecule has 2 aromatic carbocycles. The quantitative estimate of drug-likeness (QED) is 0.694. The number of hydrogen-bond acceptors (Lipinski definition) is 3. The normalized spacial score (nSPS) is 13.8. The number of benzene rings is 2. The third kappa shape index (κ3) is 3.88. The summed E-state index contributed by atoms with van der Waals surface area (Å²) in [4.78, 5) is 27.0. The standard InChI is InChI=1S/C21H21FN4O2/c22-18-8-4-7-17(13-18)14-20(27)24-10-9-19-23-26(21(28)25(19)12-11-24)15-16-5-2-1-3-6-16/h1-8,13H,9-12,14-15H2. The zero-order chi connectivity index (χ0) is 19.5. The molecule has 0 bridgehead atoms. The minimum atomic E-state index is -0.347. The van der Waals surface area contributed by atoms with Crippen molar-refractivity contribution < 1.29 is 9.18 Å². The maximum Gasteiger partial charge on any atom is 0.346 e. The molecule has 0 atom stereocenters. The molecule has 0 aliphatic carbocycles. The molecule has 28 heavy (non-hydrogen) atoms. The van der Waals surface area contributed by atoms with Crippen LogP contribution in [-0.4, -0.2) is 38.2 Å². The molecule has 0 fully saturated rings. The first-order valence-corrected chi connectivity index (χ1v) is 9.33. The van der Waals surface area contributed by atoms with Crippen molar-refractivity contribution in [2.24, 2.45) is 0 Å². The van der Waals surface area contributed by atoms with Crippen molar-refractivity contribution in [3.05, 3.63) is 87.9 Å². The molecule has 1 amide bonds. The Hall–Kier alpha value is -3.22. The van der Waals surface area contributed by atoms with Crippen LogP contribution in [0.2, 0.25) is 0 Å². The summed E-state index contributed by atoms with van der Waals surface area (Å²) in [6, 6.07) is 15.8. The molecule has 0 saturated carbocycles. The zero-order valence-corrected chi connectivity index (χ0v) is 15.4. The van der Waals surface area contributed by atoms with Crippen molar-refractivity contribution in [1.29, 1.82) is 0 Å². The fourth-order valence-corrected chi connectivity index (χ4v) is 3.51. The summed E-state index contributed by atoms with van der Waals surface area (Å²) in [7, 11) is 0. The molecule has 144 valence electrons. The largest absolute Gasteiger partial charge is 0.346 e. The molecular formula is C21H21FN4O2. The smallest absolute Gasteiger partial charge is 0.340 e. The molecule has 6 nitrogen and oxygen atoms in total. The van der Waals surface area contributed by atoms with Crippen molar-refractivity contribution in [3.8, 4) is 0 Å². The van der Waals surface area contributed by atoms with Crippen molar-refractivity contribution in [3.63, 3.8) is 0 Å². The van der Waals surface area contributed by atoms with Crippen LogP contribution in [0.5, 0.6) is 0 Å². The van der Waals surface area contributed by atoms with Crippen LogP contribution in [0.4, 0.5) is 4.39 Å². The van der Waals surface area contributed by atoms with Gasteiger partial charge in [0.15, 0.2) is 0 Å². The van der Waals surface area contributed by atoms with Crippen LogP contribution in [0.25, 0.3) is 0 Å². The van der Waals surface area contributed by atoms with Gasteiger partial charge in [0.2, 0.25) is 5.91 Å². The van der Waals surface area contributed by atoms with Crippen LogP contribution >= 0.6 is 0 Å². The average molecular weight is 380 g/mol. The lowest BCUT2D eigenvalue weighted by Crippen LogP contribution is -2.36. The van der Waals surface area contributed by atoms with E-state index in [9.17, 15) is 14.0 Å². The number of fused-ring (bicyclic) bond motifs is 1. The van der Waals surface area contributed by atoms with Gasteiger partial charge in [-0.05, 0) is 23.3 Å². The summed E-state index contributed by atoms with van der Waals surface area (Å²) in [5.41, 5.74) is 1.51. The average Bonchev–Trinajstić information content (AvgIpc) is 2.85. The molecule has 1 aliphatic heterocycles. The number of amides is 1. The van der Waals surface area contributed by atoms with Gasteiger partial charge < -0.3 is 4.90 Å². The second-order valence-corrected chi connectivity index (χ2v) is 6.93. The van der Waals surface area contributed by atoms with Gasteiger partial charge in [-0.15, -0.1) is 0 Å². The van der Waals surface area contributed by atoms with E-state index < -0.39 is 0 Å². The van der Waals surface area contributed by atoms with Gasteiger partial charge in [-0.1, -0.05) is 42.5 Å². The maximum atomic E-state index is 13.3. The van der Waals surface area contributed by atoms with Crippen LogP contribution < -0.4 is 5.69 Å². The highest BCUT2D eigenvalue weighted by Gasteiger charge is 2.22. The van der Waals surface area contributed by atoms with Gasteiger partial charge in [-0.25, -0.2) is 13.9 Å². The van der Waals surface area contributed by atoms with E-state index in [4.69, 9.17) is 0 Å². The van der Waals surface area contributed by atoms with E-state index in [1.807, 2.05) is 30.3 Å². The van der Waals surface area contributed by atoms with E-state index in [2.05, 4.69) is 5.10 Å². The van der Waals surface area contributed by atoms with Gasteiger partial charge in [-0.3, -0.25) is 9.36 Å². The molecule has 4 rings (SSSR count). The maximum absolute atomic E-state index is 13.3. The lowest BCUT2D eigenvalue weighted by molar-refractivity contribution is -0.130. The molecule has 0 spiro atoms.